The van der Waals surface area contributed by atoms with Gasteiger partial charge in [0.05, 0.1) is 6.42 Å². The number of rotatable bonds is 8. The number of hydrogen-bond acceptors (Lipinski definition) is 2. The maximum atomic E-state index is 14.0. The maximum absolute atomic E-state index is 14.0. The van der Waals surface area contributed by atoms with Crippen LogP contribution in [0.5, 0.6) is 0 Å². The van der Waals surface area contributed by atoms with Crippen LogP contribution in [0.15, 0.2) is 48.5 Å². The quantitative estimate of drug-likeness (QED) is 0.751. The molecule has 0 aliphatic heterocycles. The molecule has 2 amide bonds. The van der Waals surface area contributed by atoms with Crippen molar-refractivity contribution in [2.24, 2.45) is 5.92 Å². The van der Waals surface area contributed by atoms with Gasteiger partial charge in [-0.05, 0) is 37.0 Å². The number of aryl methyl sites for hydroxylation is 1. The Morgan fingerprint density at radius 2 is 1.68 bits per heavy atom. The van der Waals surface area contributed by atoms with Crippen molar-refractivity contribution in [3.63, 3.8) is 0 Å². The van der Waals surface area contributed by atoms with Gasteiger partial charge in [0.15, 0.2) is 0 Å². The van der Waals surface area contributed by atoms with Crippen molar-refractivity contribution >= 4 is 11.8 Å². The van der Waals surface area contributed by atoms with E-state index in [2.05, 4.69) is 5.32 Å². The standard InChI is InChI=1S/C23H29FN2O2/c1-16(2)14-25-23(28)18(4)26(15-19-11-9-17(3)10-12-19)22(27)13-20-7-5-6-8-21(20)24/h5-12,16,18H,13-15H2,1-4H3,(H,25,28). The molecule has 2 aromatic carbocycles. The zero-order valence-corrected chi connectivity index (χ0v) is 17.0. The Morgan fingerprint density at radius 1 is 1.04 bits per heavy atom. The van der Waals surface area contributed by atoms with Crippen molar-refractivity contribution in [2.75, 3.05) is 6.54 Å². The third-order valence-corrected chi connectivity index (χ3v) is 4.62. The second kappa shape index (κ2) is 10.0. The van der Waals surface area contributed by atoms with Gasteiger partial charge in [-0.15, -0.1) is 0 Å². The highest BCUT2D eigenvalue weighted by Gasteiger charge is 2.26. The van der Waals surface area contributed by atoms with Gasteiger partial charge in [0, 0.05) is 13.1 Å². The second-order valence-corrected chi connectivity index (χ2v) is 7.59. The van der Waals surface area contributed by atoms with E-state index in [4.69, 9.17) is 0 Å². The molecule has 1 atom stereocenters. The van der Waals surface area contributed by atoms with Crippen molar-refractivity contribution in [1.29, 1.82) is 0 Å². The zero-order chi connectivity index (χ0) is 20.7. The highest BCUT2D eigenvalue weighted by atomic mass is 19.1. The van der Waals surface area contributed by atoms with Crippen LogP contribution < -0.4 is 5.32 Å². The smallest absolute Gasteiger partial charge is 0.242 e. The second-order valence-electron chi connectivity index (χ2n) is 7.59. The van der Waals surface area contributed by atoms with E-state index in [1.54, 1.807) is 25.1 Å². The summed E-state index contributed by atoms with van der Waals surface area (Å²) in [5.41, 5.74) is 2.38. The van der Waals surface area contributed by atoms with Crippen LogP contribution >= 0.6 is 0 Å². The largest absolute Gasteiger partial charge is 0.354 e. The summed E-state index contributed by atoms with van der Waals surface area (Å²) in [6, 6.07) is 13.4. The van der Waals surface area contributed by atoms with Gasteiger partial charge in [-0.2, -0.15) is 0 Å². The Balaban J connectivity index is 2.21. The molecule has 28 heavy (non-hydrogen) atoms. The third kappa shape index (κ3) is 6.19. The topological polar surface area (TPSA) is 49.4 Å². The Kier molecular flexibility index (Phi) is 7.73. The molecule has 5 heteroatoms. The van der Waals surface area contributed by atoms with Gasteiger partial charge in [-0.1, -0.05) is 61.9 Å². The van der Waals surface area contributed by atoms with Crippen LogP contribution in [0.2, 0.25) is 0 Å². The molecular weight excluding hydrogens is 355 g/mol. The molecule has 1 unspecified atom stereocenters. The van der Waals surface area contributed by atoms with Gasteiger partial charge in [0.1, 0.15) is 11.9 Å². The molecule has 0 bridgehead atoms. The summed E-state index contributed by atoms with van der Waals surface area (Å²) in [6.45, 7) is 8.57. The van der Waals surface area contributed by atoms with Gasteiger partial charge < -0.3 is 10.2 Å². The normalized spacial score (nSPS) is 11.9. The first kappa shape index (κ1) is 21.6. The van der Waals surface area contributed by atoms with E-state index in [0.717, 1.165) is 11.1 Å². The Labute approximate surface area is 166 Å². The zero-order valence-electron chi connectivity index (χ0n) is 17.0. The van der Waals surface area contributed by atoms with Gasteiger partial charge >= 0.3 is 0 Å². The number of amides is 2. The van der Waals surface area contributed by atoms with Gasteiger partial charge in [-0.25, -0.2) is 4.39 Å². The first-order chi connectivity index (χ1) is 13.3. The molecule has 2 aromatic rings. The Bertz CT molecular complexity index is 803. The molecule has 1 N–H and O–H groups in total. The van der Waals surface area contributed by atoms with Crippen molar-refractivity contribution < 1.29 is 14.0 Å². The summed E-state index contributed by atoms with van der Waals surface area (Å²) in [7, 11) is 0. The number of nitrogens with zero attached hydrogens (tertiary/aromatic N) is 1. The predicted molar refractivity (Wildman–Crippen MR) is 109 cm³/mol. The third-order valence-electron chi connectivity index (χ3n) is 4.62. The highest BCUT2D eigenvalue weighted by Crippen LogP contribution is 2.15. The van der Waals surface area contributed by atoms with Crippen LogP contribution in [0.1, 0.15) is 37.5 Å². The lowest BCUT2D eigenvalue weighted by atomic mass is 10.1. The fourth-order valence-electron chi connectivity index (χ4n) is 2.83. The molecule has 2 rings (SSSR count). The Hall–Kier alpha value is -2.69. The lowest BCUT2D eigenvalue weighted by Crippen LogP contribution is -2.48. The van der Waals surface area contributed by atoms with Gasteiger partial charge in [0.25, 0.3) is 0 Å². The van der Waals surface area contributed by atoms with E-state index in [1.165, 1.54) is 11.0 Å². The lowest BCUT2D eigenvalue weighted by molar-refractivity contribution is -0.140. The summed E-state index contributed by atoms with van der Waals surface area (Å²) in [6.07, 6.45) is -0.0830. The van der Waals surface area contributed by atoms with Crippen LogP contribution in [0, 0.1) is 18.7 Å². The SMILES string of the molecule is Cc1ccc(CN(C(=O)Cc2ccccc2F)C(C)C(=O)NCC(C)C)cc1. The molecule has 0 heterocycles. The fraction of sp³-hybridized carbons (Fsp3) is 0.391. The van der Waals surface area contributed by atoms with Crippen LogP contribution in [0.25, 0.3) is 0 Å². The van der Waals surface area contributed by atoms with E-state index in [1.807, 2.05) is 45.0 Å². The molecule has 0 fully saturated rings. The minimum absolute atomic E-state index is 0.0830. The summed E-state index contributed by atoms with van der Waals surface area (Å²) >= 11 is 0. The molecule has 0 radical (unpaired) electrons. The average molecular weight is 384 g/mol. The predicted octanol–water partition coefficient (Wildman–Crippen LogP) is 3.87. The summed E-state index contributed by atoms with van der Waals surface area (Å²) in [5, 5.41) is 2.88. The number of hydrogen-bond donors (Lipinski definition) is 1. The number of nitrogens with one attached hydrogen (secondary N) is 1. The summed E-state index contributed by atoms with van der Waals surface area (Å²) in [5.74, 6) is -0.584. The van der Waals surface area contributed by atoms with Crippen molar-refractivity contribution in [3.8, 4) is 0 Å². The molecule has 0 spiro atoms. The van der Waals surface area contributed by atoms with Crippen LogP contribution in [-0.4, -0.2) is 29.3 Å². The van der Waals surface area contributed by atoms with Crippen LogP contribution in [0.4, 0.5) is 4.39 Å². The lowest BCUT2D eigenvalue weighted by Gasteiger charge is -2.29. The highest BCUT2D eigenvalue weighted by molar-refractivity contribution is 5.88. The monoisotopic (exact) mass is 384 g/mol. The molecule has 0 saturated carbocycles. The van der Waals surface area contributed by atoms with E-state index in [-0.39, 0.29) is 18.2 Å². The molecular formula is C23H29FN2O2. The van der Waals surface area contributed by atoms with Crippen molar-refractivity contribution in [2.45, 2.75) is 46.7 Å². The summed E-state index contributed by atoms with van der Waals surface area (Å²) < 4.78 is 14.0. The van der Waals surface area contributed by atoms with Crippen molar-refractivity contribution in [3.05, 3.63) is 71.0 Å². The first-order valence-corrected chi connectivity index (χ1v) is 9.64. The van der Waals surface area contributed by atoms with E-state index in [0.29, 0.717) is 24.6 Å². The van der Waals surface area contributed by atoms with Gasteiger partial charge in [0.2, 0.25) is 11.8 Å². The van der Waals surface area contributed by atoms with Crippen LogP contribution in [0.3, 0.4) is 0 Å². The molecule has 0 aromatic heterocycles. The molecule has 0 aliphatic carbocycles. The minimum atomic E-state index is -0.653. The molecule has 4 nitrogen and oxygen atoms in total. The van der Waals surface area contributed by atoms with E-state index in [9.17, 15) is 14.0 Å². The van der Waals surface area contributed by atoms with Crippen molar-refractivity contribution in [1.82, 2.24) is 10.2 Å². The van der Waals surface area contributed by atoms with Gasteiger partial charge in [-0.3, -0.25) is 9.59 Å². The minimum Gasteiger partial charge on any atom is -0.354 e. The fourth-order valence-corrected chi connectivity index (χ4v) is 2.83. The number of halogens is 1. The number of benzene rings is 2. The van der Waals surface area contributed by atoms with E-state index < -0.39 is 11.9 Å². The molecule has 0 saturated heterocycles. The maximum Gasteiger partial charge on any atom is 0.242 e. The molecule has 0 aliphatic rings. The van der Waals surface area contributed by atoms with E-state index >= 15 is 0 Å². The number of carbonyl (C=O) groups is 2. The Morgan fingerprint density at radius 3 is 2.29 bits per heavy atom. The number of carbonyl (C=O) groups excluding carboxylic acids is 2. The first-order valence-electron chi connectivity index (χ1n) is 9.64. The summed E-state index contributed by atoms with van der Waals surface area (Å²) in [4.78, 5) is 27.1. The van der Waals surface area contributed by atoms with Crippen LogP contribution in [-0.2, 0) is 22.6 Å². The average Bonchev–Trinajstić information content (AvgIpc) is 2.66. The molecule has 150 valence electrons.